The molecule has 0 unspecified atom stereocenters. The molecule has 0 bridgehead atoms. The lowest BCUT2D eigenvalue weighted by Crippen LogP contribution is -2.28. The molecule has 0 aliphatic heterocycles. The summed E-state index contributed by atoms with van der Waals surface area (Å²) in [6, 6.07) is 2.02. The molecule has 0 N–H and O–H groups in total. The fourth-order valence-corrected chi connectivity index (χ4v) is 3.19. The second-order valence-corrected chi connectivity index (χ2v) is 7.50. The molecule has 0 atom stereocenters. The minimum absolute atomic E-state index is 0.174. The van der Waals surface area contributed by atoms with E-state index in [0.717, 1.165) is 31.4 Å². The van der Waals surface area contributed by atoms with E-state index in [0.29, 0.717) is 6.54 Å². The highest BCUT2D eigenvalue weighted by atomic mass is 35.7. The maximum absolute atomic E-state index is 13.9. The molecule has 1 rings (SSSR count). The molecule has 21 heavy (non-hydrogen) atoms. The summed E-state index contributed by atoms with van der Waals surface area (Å²) in [7, 11) is 2.84. The Morgan fingerprint density at radius 2 is 1.95 bits per heavy atom. The topological polar surface area (TPSA) is 54.5 Å². The third kappa shape index (κ3) is 4.68. The highest BCUT2D eigenvalue weighted by molar-refractivity contribution is 8.13. The van der Waals surface area contributed by atoms with Crippen LogP contribution in [0.25, 0.3) is 0 Å². The molecular formula is C14H19ClFNO3S. The first-order chi connectivity index (χ1) is 9.68. The number of rotatable bonds is 6. The predicted molar refractivity (Wildman–Crippen MR) is 80.7 cm³/mol. The molecule has 1 amide bonds. The average Bonchev–Trinajstić information content (AvgIpc) is 2.36. The number of benzene rings is 1. The van der Waals surface area contributed by atoms with Gasteiger partial charge in [-0.3, -0.25) is 4.79 Å². The van der Waals surface area contributed by atoms with Crippen molar-refractivity contribution in [2.24, 2.45) is 0 Å². The van der Waals surface area contributed by atoms with Crippen LogP contribution >= 0.6 is 10.7 Å². The molecule has 118 valence electrons. The third-order valence-corrected chi connectivity index (χ3v) is 4.67. The molecule has 0 radical (unpaired) electrons. The van der Waals surface area contributed by atoms with Crippen molar-refractivity contribution in [2.75, 3.05) is 13.6 Å². The van der Waals surface area contributed by atoms with Crippen LogP contribution in [0.15, 0.2) is 17.0 Å². The zero-order chi connectivity index (χ0) is 16.2. The maximum Gasteiger partial charge on any atom is 0.261 e. The average molecular weight is 336 g/mol. The van der Waals surface area contributed by atoms with Gasteiger partial charge >= 0.3 is 0 Å². The third-order valence-electron chi connectivity index (χ3n) is 3.20. The highest BCUT2D eigenvalue weighted by Crippen LogP contribution is 2.24. The Balaban J connectivity index is 3.10. The van der Waals surface area contributed by atoms with E-state index in [1.807, 2.05) is 6.92 Å². The molecule has 0 saturated heterocycles. The van der Waals surface area contributed by atoms with E-state index in [-0.39, 0.29) is 16.0 Å². The van der Waals surface area contributed by atoms with E-state index in [2.05, 4.69) is 0 Å². The summed E-state index contributed by atoms with van der Waals surface area (Å²) in [5, 5.41) is 0. The van der Waals surface area contributed by atoms with Crippen molar-refractivity contribution in [3.8, 4) is 0 Å². The Hall–Kier alpha value is -1.14. The van der Waals surface area contributed by atoms with Gasteiger partial charge in [0.15, 0.2) is 0 Å². The first kappa shape index (κ1) is 17.9. The molecule has 0 aromatic heterocycles. The molecule has 0 saturated carbocycles. The smallest absolute Gasteiger partial charge is 0.261 e. The quantitative estimate of drug-likeness (QED) is 0.592. The number of aryl methyl sites for hydroxylation is 1. The van der Waals surface area contributed by atoms with Gasteiger partial charge in [-0.05, 0) is 31.0 Å². The first-order valence-electron chi connectivity index (χ1n) is 6.68. The summed E-state index contributed by atoms with van der Waals surface area (Å²) in [6.45, 7) is 3.96. The van der Waals surface area contributed by atoms with Crippen LogP contribution in [0.5, 0.6) is 0 Å². The van der Waals surface area contributed by atoms with Gasteiger partial charge in [-0.2, -0.15) is 0 Å². The molecule has 0 fully saturated rings. The van der Waals surface area contributed by atoms with Gasteiger partial charge in [0.25, 0.3) is 15.0 Å². The molecule has 4 nitrogen and oxygen atoms in total. The molecule has 1 aromatic rings. The van der Waals surface area contributed by atoms with Crippen LogP contribution in [-0.4, -0.2) is 32.8 Å². The molecular weight excluding hydrogens is 317 g/mol. The van der Waals surface area contributed by atoms with Crippen molar-refractivity contribution in [2.45, 2.75) is 38.0 Å². The van der Waals surface area contributed by atoms with Gasteiger partial charge < -0.3 is 4.90 Å². The van der Waals surface area contributed by atoms with Crippen LogP contribution < -0.4 is 0 Å². The van der Waals surface area contributed by atoms with Crippen molar-refractivity contribution >= 4 is 25.6 Å². The number of nitrogens with zero attached hydrogens (tertiary/aromatic N) is 1. The van der Waals surface area contributed by atoms with Crippen molar-refractivity contribution in [3.05, 3.63) is 29.1 Å². The summed E-state index contributed by atoms with van der Waals surface area (Å²) < 4.78 is 36.8. The summed E-state index contributed by atoms with van der Waals surface area (Å²) in [6.07, 6.45) is 2.79. The summed E-state index contributed by atoms with van der Waals surface area (Å²) in [5.41, 5.74) is -0.105. The Morgan fingerprint density at radius 3 is 2.48 bits per heavy atom. The number of carbonyl (C=O) groups is 1. The minimum atomic E-state index is -4.02. The summed E-state index contributed by atoms with van der Waals surface area (Å²) >= 11 is 0. The molecule has 1 aromatic carbocycles. The van der Waals surface area contributed by atoms with Crippen LogP contribution in [0.1, 0.15) is 42.1 Å². The second-order valence-electron chi connectivity index (χ2n) is 4.97. The Morgan fingerprint density at radius 1 is 1.33 bits per heavy atom. The molecule has 0 aliphatic rings. The van der Waals surface area contributed by atoms with Gasteiger partial charge in [0.05, 0.1) is 10.5 Å². The van der Waals surface area contributed by atoms with Gasteiger partial charge in [0, 0.05) is 24.3 Å². The van der Waals surface area contributed by atoms with Gasteiger partial charge in [0.2, 0.25) is 0 Å². The van der Waals surface area contributed by atoms with Gasteiger partial charge in [-0.15, -0.1) is 0 Å². The largest absolute Gasteiger partial charge is 0.342 e. The number of hydrogen-bond acceptors (Lipinski definition) is 3. The summed E-state index contributed by atoms with van der Waals surface area (Å²) in [5.74, 6) is -1.30. The predicted octanol–water partition coefficient (Wildman–Crippen LogP) is 3.32. The lowest BCUT2D eigenvalue weighted by atomic mass is 10.1. The molecule has 0 aliphatic carbocycles. The van der Waals surface area contributed by atoms with Crippen molar-refractivity contribution < 1.29 is 17.6 Å². The van der Waals surface area contributed by atoms with E-state index in [4.69, 9.17) is 10.7 Å². The summed E-state index contributed by atoms with van der Waals surface area (Å²) in [4.78, 5) is 13.3. The van der Waals surface area contributed by atoms with Crippen LogP contribution in [0, 0.1) is 12.7 Å². The lowest BCUT2D eigenvalue weighted by Gasteiger charge is -2.18. The molecule has 0 spiro atoms. The van der Waals surface area contributed by atoms with Crippen LogP contribution in [0.3, 0.4) is 0 Å². The van der Waals surface area contributed by atoms with Crippen LogP contribution in [-0.2, 0) is 9.05 Å². The van der Waals surface area contributed by atoms with E-state index in [1.165, 1.54) is 11.8 Å². The zero-order valence-corrected chi connectivity index (χ0v) is 13.9. The van der Waals surface area contributed by atoms with Gasteiger partial charge in [-0.1, -0.05) is 19.8 Å². The van der Waals surface area contributed by atoms with Crippen LogP contribution in [0.4, 0.5) is 4.39 Å². The van der Waals surface area contributed by atoms with E-state index in [9.17, 15) is 17.6 Å². The zero-order valence-electron chi connectivity index (χ0n) is 12.3. The Bertz CT molecular complexity index is 631. The van der Waals surface area contributed by atoms with Crippen molar-refractivity contribution in [3.63, 3.8) is 0 Å². The fourth-order valence-electron chi connectivity index (χ4n) is 1.99. The van der Waals surface area contributed by atoms with Crippen LogP contribution in [0.2, 0.25) is 0 Å². The van der Waals surface area contributed by atoms with Gasteiger partial charge in [0.1, 0.15) is 5.82 Å². The monoisotopic (exact) mass is 335 g/mol. The van der Waals surface area contributed by atoms with E-state index < -0.39 is 20.8 Å². The fraction of sp³-hybridized carbons (Fsp3) is 0.500. The number of amides is 1. The lowest BCUT2D eigenvalue weighted by molar-refractivity contribution is 0.0787. The SMILES string of the molecule is CCCCCN(C)C(=O)c1cc(S(=O)(=O)Cl)c(C)cc1F. The van der Waals surface area contributed by atoms with Crippen molar-refractivity contribution in [1.29, 1.82) is 0 Å². The van der Waals surface area contributed by atoms with Gasteiger partial charge in [-0.25, -0.2) is 12.8 Å². The number of halogens is 2. The van der Waals surface area contributed by atoms with E-state index >= 15 is 0 Å². The van der Waals surface area contributed by atoms with E-state index in [1.54, 1.807) is 7.05 Å². The van der Waals surface area contributed by atoms with Crippen molar-refractivity contribution in [1.82, 2.24) is 4.90 Å². The first-order valence-corrected chi connectivity index (χ1v) is 8.99. The standard InChI is InChI=1S/C14H19ClFNO3S/c1-4-5-6-7-17(3)14(18)11-9-13(21(15,19)20)10(2)8-12(11)16/h8-9H,4-7H2,1-3H3. The highest BCUT2D eigenvalue weighted by Gasteiger charge is 2.22. The Labute approximate surface area is 129 Å². The number of unbranched alkanes of at least 4 members (excludes halogenated alkanes) is 2. The normalized spacial score (nSPS) is 11.5. The number of carbonyl (C=O) groups excluding carboxylic acids is 1. The second kappa shape index (κ2) is 7.22. The minimum Gasteiger partial charge on any atom is -0.342 e. The molecule has 7 heteroatoms. The number of hydrogen-bond donors (Lipinski definition) is 0. The maximum atomic E-state index is 13.9. The Kier molecular flexibility index (Phi) is 6.16. The molecule has 0 heterocycles.